The van der Waals surface area contributed by atoms with E-state index < -0.39 is 28.7 Å². The molecule has 74 valence electrons. The summed E-state index contributed by atoms with van der Waals surface area (Å²) in [5, 5.41) is 0. The summed E-state index contributed by atoms with van der Waals surface area (Å²) in [6.45, 7) is 0. The average molecular weight is 200 g/mol. The van der Waals surface area contributed by atoms with E-state index in [1.165, 1.54) is 0 Å². The van der Waals surface area contributed by atoms with Crippen LogP contribution in [0, 0.1) is 11.6 Å². The molecular formula is C9H6F2O3. The second-order valence-electron chi connectivity index (χ2n) is 2.43. The van der Waals surface area contributed by atoms with Crippen molar-refractivity contribution in [3.05, 3.63) is 34.9 Å². The van der Waals surface area contributed by atoms with Gasteiger partial charge in [-0.2, -0.15) is 0 Å². The summed E-state index contributed by atoms with van der Waals surface area (Å²) in [6, 6.07) is 1.53. The van der Waals surface area contributed by atoms with Crippen LogP contribution in [0.1, 0.15) is 20.7 Å². The third kappa shape index (κ3) is 1.61. The zero-order valence-electron chi connectivity index (χ0n) is 7.21. The Morgan fingerprint density at radius 2 is 1.93 bits per heavy atom. The minimum Gasteiger partial charge on any atom is -0.465 e. The molecular weight excluding hydrogens is 194 g/mol. The van der Waals surface area contributed by atoms with E-state index in [1.54, 1.807) is 0 Å². The van der Waals surface area contributed by atoms with Gasteiger partial charge in [-0.3, -0.25) is 4.79 Å². The lowest BCUT2D eigenvalue weighted by atomic mass is 10.1. The molecule has 0 saturated heterocycles. The maximum atomic E-state index is 13.0. The molecule has 1 aromatic carbocycles. The number of aldehydes is 1. The molecule has 0 atom stereocenters. The minimum absolute atomic E-state index is 0.0741. The first kappa shape index (κ1) is 10.3. The van der Waals surface area contributed by atoms with Crippen molar-refractivity contribution in [2.24, 2.45) is 0 Å². The Morgan fingerprint density at radius 3 is 2.43 bits per heavy atom. The predicted octanol–water partition coefficient (Wildman–Crippen LogP) is 1.56. The van der Waals surface area contributed by atoms with E-state index in [0.29, 0.717) is 0 Å². The first-order valence-corrected chi connectivity index (χ1v) is 3.63. The zero-order valence-corrected chi connectivity index (χ0v) is 7.21. The Labute approximate surface area is 78.3 Å². The van der Waals surface area contributed by atoms with Crippen molar-refractivity contribution >= 4 is 12.3 Å². The number of halogens is 2. The van der Waals surface area contributed by atoms with Crippen molar-refractivity contribution in [3.8, 4) is 0 Å². The molecule has 0 aliphatic heterocycles. The first-order valence-electron chi connectivity index (χ1n) is 3.63. The van der Waals surface area contributed by atoms with Crippen molar-refractivity contribution in [1.82, 2.24) is 0 Å². The maximum Gasteiger partial charge on any atom is 0.341 e. The highest BCUT2D eigenvalue weighted by Crippen LogP contribution is 2.16. The first-order chi connectivity index (χ1) is 6.61. The number of ether oxygens (including phenoxy) is 1. The van der Waals surface area contributed by atoms with Gasteiger partial charge in [0.25, 0.3) is 0 Å². The average Bonchev–Trinajstić information content (AvgIpc) is 2.19. The largest absolute Gasteiger partial charge is 0.465 e. The van der Waals surface area contributed by atoms with Crippen LogP contribution in [0.15, 0.2) is 12.1 Å². The molecule has 3 nitrogen and oxygen atoms in total. The molecule has 0 fully saturated rings. The summed E-state index contributed by atoms with van der Waals surface area (Å²) in [6.07, 6.45) is 0.0741. The Bertz CT molecular complexity index is 388. The summed E-state index contributed by atoms with van der Waals surface area (Å²) in [5.74, 6) is -3.02. The zero-order chi connectivity index (χ0) is 10.7. The second-order valence-corrected chi connectivity index (χ2v) is 2.43. The van der Waals surface area contributed by atoms with Gasteiger partial charge >= 0.3 is 5.97 Å². The van der Waals surface area contributed by atoms with Gasteiger partial charge in [-0.05, 0) is 12.1 Å². The van der Waals surface area contributed by atoms with E-state index >= 15 is 0 Å². The highest BCUT2D eigenvalue weighted by atomic mass is 19.1. The fourth-order valence-corrected chi connectivity index (χ4v) is 0.992. The van der Waals surface area contributed by atoms with Gasteiger partial charge in [0.2, 0.25) is 0 Å². The predicted molar refractivity (Wildman–Crippen MR) is 43.1 cm³/mol. The van der Waals surface area contributed by atoms with Gasteiger partial charge in [0.15, 0.2) is 6.29 Å². The SMILES string of the molecule is COC(=O)c1c(F)ccc(F)c1C=O. The molecule has 0 unspecified atom stereocenters. The molecule has 1 aromatic rings. The van der Waals surface area contributed by atoms with Crippen molar-refractivity contribution in [2.45, 2.75) is 0 Å². The van der Waals surface area contributed by atoms with Gasteiger partial charge in [0.1, 0.15) is 17.2 Å². The van der Waals surface area contributed by atoms with E-state index in [4.69, 9.17) is 0 Å². The Hall–Kier alpha value is -1.78. The minimum atomic E-state index is -1.08. The fraction of sp³-hybridized carbons (Fsp3) is 0.111. The summed E-state index contributed by atoms with van der Waals surface area (Å²) in [7, 11) is 1.02. The highest BCUT2D eigenvalue weighted by Gasteiger charge is 2.20. The van der Waals surface area contributed by atoms with Crippen LogP contribution in [0.4, 0.5) is 8.78 Å². The van der Waals surface area contributed by atoms with Crippen LogP contribution in [-0.2, 0) is 4.74 Å². The highest BCUT2D eigenvalue weighted by molar-refractivity contribution is 5.98. The van der Waals surface area contributed by atoms with E-state index in [2.05, 4.69) is 4.74 Å². The summed E-state index contributed by atoms with van der Waals surface area (Å²) < 4.78 is 30.2. The lowest BCUT2D eigenvalue weighted by Gasteiger charge is -2.04. The van der Waals surface area contributed by atoms with E-state index in [-0.39, 0.29) is 6.29 Å². The van der Waals surface area contributed by atoms with Crippen LogP contribution in [0.5, 0.6) is 0 Å². The monoisotopic (exact) mass is 200 g/mol. The van der Waals surface area contributed by atoms with Gasteiger partial charge in [0.05, 0.1) is 12.7 Å². The van der Waals surface area contributed by atoms with E-state index in [9.17, 15) is 18.4 Å². The smallest absolute Gasteiger partial charge is 0.341 e. The second kappa shape index (κ2) is 3.95. The summed E-state index contributed by atoms with van der Waals surface area (Å²) in [4.78, 5) is 21.4. The van der Waals surface area contributed by atoms with Crippen molar-refractivity contribution in [2.75, 3.05) is 7.11 Å². The molecule has 0 saturated carbocycles. The van der Waals surface area contributed by atoms with Crippen LogP contribution in [0.2, 0.25) is 0 Å². The molecule has 0 aromatic heterocycles. The van der Waals surface area contributed by atoms with Gasteiger partial charge in [-0.15, -0.1) is 0 Å². The molecule has 1 rings (SSSR count). The number of hydrogen-bond acceptors (Lipinski definition) is 3. The number of hydrogen-bond donors (Lipinski definition) is 0. The molecule has 14 heavy (non-hydrogen) atoms. The standard InChI is InChI=1S/C9H6F2O3/c1-14-9(13)8-5(4-12)6(10)2-3-7(8)11/h2-4H,1H3. The molecule has 5 heteroatoms. The molecule has 0 heterocycles. The van der Waals surface area contributed by atoms with E-state index in [1.807, 2.05) is 0 Å². The van der Waals surface area contributed by atoms with E-state index in [0.717, 1.165) is 19.2 Å². The van der Waals surface area contributed by atoms with Crippen LogP contribution < -0.4 is 0 Å². The maximum absolute atomic E-state index is 13.0. The van der Waals surface area contributed by atoms with Crippen molar-refractivity contribution in [3.63, 3.8) is 0 Å². The third-order valence-corrected chi connectivity index (χ3v) is 1.65. The van der Waals surface area contributed by atoms with Crippen molar-refractivity contribution in [1.29, 1.82) is 0 Å². The lowest BCUT2D eigenvalue weighted by molar-refractivity contribution is 0.0592. The Kier molecular flexibility index (Phi) is 2.91. The molecule has 0 spiro atoms. The van der Waals surface area contributed by atoms with Crippen LogP contribution in [0.3, 0.4) is 0 Å². The lowest BCUT2D eigenvalue weighted by Crippen LogP contribution is -2.10. The number of benzene rings is 1. The Balaban J connectivity index is 3.44. The quantitative estimate of drug-likeness (QED) is 0.537. The number of carbonyl (C=O) groups excluding carboxylic acids is 2. The molecule has 0 radical (unpaired) electrons. The summed E-state index contributed by atoms with van der Waals surface area (Å²) in [5.41, 5.74) is -1.31. The molecule has 0 bridgehead atoms. The molecule has 0 aliphatic carbocycles. The summed E-state index contributed by atoms with van der Waals surface area (Å²) >= 11 is 0. The molecule has 0 aliphatic rings. The van der Waals surface area contributed by atoms with Gasteiger partial charge < -0.3 is 4.74 Å². The van der Waals surface area contributed by atoms with Crippen molar-refractivity contribution < 1.29 is 23.1 Å². The number of esters is 1. The van der Waals surface area contributed by atoms with Gasteiger partial charge in [-0.25, -0.2) is 13.6 Å². The fourth-order valence-electron chi connectivity index (χ4n) is 0.992. The van der Waals surface area contributed by atoms with Gasteiger partial charge in [0, 0.05) is 0 Å². The molecule has 0 amide bonds. The number of methoxy groups -OCH3 is 1. The van der Waals surface area contributed by atoms with Gasteiger partial charge in [-0.1, -0.05) is 0 Å². The third-order valence-electron chi connectivity index (χ3n) is 1.65. The topological polar surface area (TPSA) is 43.4 Å². The van der Waals surface area contributed by atoms with Crippen LogP contribution in [-0.4, -0.2) is 19.4 Å². The number of rotatable bonds is 2. The molecule has 0 N–H and O–H groups in total. The normalized spacial score (nSPS) is 9.64. The van der Waals surface area contributed by atoms with Crippen LogP contribution >= 0.6 is 0 Å². The Morgan fingerprint density at radius 1 is 1.36 bits per heavy atom. The number of carbonyl (C=O) groups is 2. The van der Waals surface area contributed by atoms with Crippen LogP contribution in [0.25, 0.3) is 0 Å².